The topological polar surface area (TPSA) is 155 Å². The van der Waals surface area contributed by atoms with E-state index in [9.17, 15) is 14.7 Å². The lowest BCUT2D eigenvalue weighted by molar-refractivity contribution is -0.129. The zero-order valence-corrected chi connectivity index (χ0v) is 29.3. The number of phenolic OH excluding ortho intramolecular Hbond substituents is 1. The second kappa shape index (κ2) is 14.3. The third-order valence-corrected chi connectivity index (χ3v) is 11.1. The average Bonchev–Trinajstić information content (AvgIpc) is 3.50. The molecule has 8 rings (SSSR count). The summed E-state index contributed by atoms with van der Waals surface area (Å²) in [5.74, 6) is -3.83. The van der Waals surface area contributed by atoms with Crippen molar-refractivity contribution in [2.45, 2.75) is 68.9 Å². The average molecular weight is 728 g/mol. The Morgan fingerprint density at radius 3 is 2.58 bits per heavy atom. The van der Waals surface area contributed by atoms with Gasteiger partial charge in [-0.25, -0.2) is 13.5 Å². The minimum Gasteiger partial charge on any atom is -0.507 e. The summed E-state index contributed by atoms with van der Waals surface area (Å²) in [6, 6.07) is 13.9. The van der Waals surface area contributed by atoms with E-state index < -0.39 is 11.8 Å². The van der Waals surface area contributed by atoms with Crippen LogP contribution >= 0.6 is 0 Å². The first-order chi connectivity index (χ1) is 25.6. The molecule has 2 aromatic carbocycles. The van der Waals surface area contributed by atoms with Gasteiger partial charge in [-0.15, -0.1) is 10.2 Å². The normalized spacial score (nSPS) is 22.8. The quantitative estimate of drug-likeness (QED) is 0.241. The Morgan fingerprint density at radius 1 is 0.925 bits per heavy atom. The maximum absolute atomic E-state index is 16.4. The number of ether oxygens (including phenoxy) is 1. The summed E-state index contributed by atoms with van der Waals surface area (Å²) in [6.45, 7) is 2.49. The number of imide groups is 1. The summed E-state index contributed by atoms with van der Waals surface area (Å²) in [7, 11) is 0. The van der Waals surface area contributed by atoms with Crippen LogP contribution in [0.2, 0.25) is 0 Å². The third kappa shape index (κ3) is 6.97. The largest absolute Gasteiger partial charge is 0.507 e. The highest BCUT2D eigenvalue weighted by Crippen LogP contribution is 2.48. The summed E-state index contributed by atoms with van der Waals surface area (Å²) in [5, 5.41) is 25.5. The van der Waals surface area contributed by atoms with Gasteiger partial charge in [0.2, 0.25) is 11.8 Å². The van der Waals surface area contributed by atoms with Gasteiger partial charge in [-0.1, -0.05) is 24.3 Å². The molecule has 0 unspecified atom stereocenters. The van der Waals surface area contributed by atoms with Crippen molar-refractivity contribution in [3.05, 3.63) is 66.5 Å². The Labute approximate surface area is 305 Å². The molecular weight excluding hydrogens is 684 g/mol. The Hall–Kier alpha value is -5.31. The smallest absolute Gasteiger partial charge is 0.267 e. The van der Waals surface area contributed by atoms with Crippen molar-refractivity contribution < 1.29 is 28.2 Å². The van der Waals surface area contributed by atoms with Gasteiger partial charge in [0.15, 0.2) is 5.82 Å². The van der Waals surface area contributed by atoms with Crippen LogP contribution in [0.5, 0.6) is 11.5 Å². The molecule has 6 heterocycles. The maximum Gasteiger partial charge on any atom is 0.267 e. The Bertz CT molecular complexity index is 2000. The number of hydrogen-bond donors (Lipinski definition) is 3. The number of nitrogens with zero attached hydrogens (tertiary/aromatic N) is 7. The van der Waals surface area contributed by atoms with Crippen LogP contribution in [0, 0.1) is 0 Å². The number of aromatic nitrogens is 4. The highest BCUT2D eigenvalue weighted by atomic mass is 19.3. The number of piperidine rings is 1. The monoisotopic (exact) mass is 727 g/mol. The number of likely N-dealkylation sites (tertiary alicyclic amines) is 1. The van der Waals surface area contributed by atoms with E-state index in [-0.39, 0.29) is 54.9 Å². The predicted molar refractivity (Wildman–Crippen MR) is 194 cm³/mol. The van der Waals surface area contributed by atoms with E-state index in [0.717, 1.165) is 18.5 Å². The summed E-state index contributed by atoms with van der Waals surface area (Å²) in [6.07, 6.45) is 6.99. The molecule has 53 heavy (non-hydrogen) atoms. The summed E-state index contributed by atoms with van der Waals surface area (Å²) < 4.78 is 40.6. The molecular formula is C38H43F2N9O4. The lowest BCUT2D eigenvalue weighted by atomic mass is 9.87. The molecule has 15 heteroatoms. The van der Waals surface area contributed by atoms with Gasteiger partial charge >= 0.3 is 0 Å². The zero-order valence-electron chi connectivity index (χ0n) is 29.3. The van der Waals surface area contributed by atoms with Gasteiger partial charge < -0.3 is 25.4 Å². The maximum atomic E-state index is 16.4. The number of fused-ring (bicyclic) bond motifs is 1. The van der Waals surface area contributed by atoms with E-state index in [1.54, 1.807) is 53.3 Å². The number of benzene rings is 2. The fourth-order valence-corrected chi connectivity index (χ4v) is 8.45. The number of carbonyl (C=O) groups excluding carboxylic acids is 2. The molecule has 3 fully saturated rings. The highest BCUT2D eigenvalue weighted by molar-refractivity contribution is 5.96. The van der Waals surface area contributed by atoms with Gasteiger partial charge in [-0.05, 0) is 62.9 Å². The highest BCUT2D eigenvalue weighted by Gasteiger charge is 2.47. The molecule has 3 saturated heterocycles. The van der Waals surface area contributed by atoms with Crippen LogP contribution in [-0.2, 0) is 9.59 Å². The molecule has 0 aliphatic carbocycles. The molecule has 0 saturated carbocycles. The number of amides is 2. The van der Waals surface area contributed by atoms with Crippen LogP contribution < -0.4 is 25.6 Å². The first-order valence-corrected chi connectivity index (χ1v) is 18.3. The number of alkyl halides is 2. The van der Waals surface area contributed by atoms with Gasteiger partial charge in [-0.2, -0.15) is 5.10 Å². The lowest BCUT2D eigenvalue weighted by Crippen LogP contribution is -2.49. The molecule has 278 valence electrons. The third-order valence-electron chi connectivity index (χ3n) is 11.1. The van der Waals surface area contributed by atoms with Crippen molar-refractivity contribution in [2.24, 2.45) is 0 Å². The molecule has 4 aromatic rings. The summed E-state index contributed by atoms with van der Waals surface area (Å²) in [5.41, 5.74) is 9.83. The second-order valence-corrected chi connectivity index (χ2v) is 14.4. The van der Waals surface area contributed by atoms with Crippen molar-refractivity contribution in [2.75, 3.05) is 54.9 Å². The van der Waals surface area contributed by atoms with Gasteiger partial charge in [0.05, 0.1) is 48.5 Å². The van der Waals surface area contributed by atoms with Crippen LogP contribution in [0.25, 0.3) is 16.9 Å². The number of aromatic hydroxyl groups is 1. The Balaban J connectivity index is 0.935. The van der Waals surface area contributed by atoms with Crippen LogP contribution in [0.4, 0.5) is 26.0 Å². The van der Waals surface area contributed by atoms with E-state index in [2.05, 4.69) is 30.4 Å². The van der Waals surface area contributed by atoms with E-state index >= 15 is 8.78 Å². The number of hydrogen-bond acceptors (Lipinski definition) is 11. The van der Waals surface area contributed by atoms with Crippen molar-refractivity contribution in [3.8, 4) is 28.4 Å². The first kappa shape index (κ1) is 34.8. The van der Waals surface area contributed by atoms with Gasteiger partial charge in [0, 0.05) is 49.1 Å². The number of para-hydroxylation sites is 2. The number of phenols is 1. The van der Waals surface area contributed by atoms with Gasteiger partial charge in [0.25, 0.3) is 5.92 Å². The fourth-order valence-electron chi connectivity index (χ4n) is 8.45. The van der Waals surface area contributed by atoms with E-state index in [4.69, 9.17) is 10.5 Å². The van der Waals surface area contributed by atoms with Crippen molar-refractivity contribution in [3.63, 3.8) is 0 Å². The second-order valence-electron chi connectivity index (χ2n) is 14.4. The lowest BCUT2D eigenvalue weighted by Gasteiger charge is -2.40. The number of nitrogens with two attached hydrogens (primary N) is 1. The predicted octanol–water partition coefficient (Wildman–Crippen LogP) is 4.49. The molecule has 2 amide bonds. The van der Waals surface area contributed by atoms with Crippen LogP contribution in [0.3, 0.4) is 0 Å². The molecule has 0 bridgehead atoms. The number of anilines is 3. The first-order valence-electron chi connectivity index (χ1n) is 18.3. The van der Waals surface area contributed by atoms with Crippen LogP contribution in [0.15, 0.2) is 60.9 Å². The number of carbonyl (C=O) groups is 2. The molecule has 4 aliphatic rings. The fraction of sp³-hybridized carbons (Fsp3) is 0.447. The van der Waals surface area contributed by atoms with E-state index in [1.165, 1.54) is 0 Å². The Kier molecular flexibility index (Phi) is 9.35. The Morgan fingerprint density at radius 2 is 1.75 bits per heavy atom. The SMILES string of the molecule is Nc1nnc(-c2ccccc2O)cc1-n1cc(N2CCC(N3CCC[C@H](c4cccc5c4OCCN5[C@@H]4CCC(=O)NC(=O)C4)C(F)(F)C3)CC2)cn1. The van der Waals surface area contributed by atoms with Crippen molar-refractivity contribution >= 4 is 29.0 Å². The molecule has 2 aromatic heterocycles. The number of nitrogen functional groups attached to an aromatic ring is 1. The molecule has 2 atom stereocenters. The van der Waals surface area contributed by atoms with Crippen molar-refractivity contribution in [1.82, 2.24) is 30.2 Å². The van der Waals surface area contributed by atoms with E-state index in [1.807, 2.05) is 17.2 Å². The molecule has 0 spiro atoms. The number of halogens is 2. The molecule has 0 radical (unpaired) electrons. The van der Waals surface area contributed by atoms with Gasteiger partial charge in [0.1, 0.15) is 23.8 Å². The summed E-state index contributed by atoms with van der Waals surface area (Å²) >= 11 is 0. The van der Waals surface area contributed by atoms with E-state index in [0.29, 0.717) is 86.0 Å². The zero-order chi connectivity index (χ0) is 36.7. The van der Waals surface area contributed by atoms with Crippen LogP contribution in [-0.4, -0.2) is 99.1 Å². The van der Waals surface area contributed by atoms with Crippen LogP contribution in [0.1, 0.15) is 56.4 Å². The molecule has 4 N–H and O–H groups in total. The standard InChI is InChI=1S/C38H43F2N9O4/c39-38(40)23-47(14-4-7-29(38)27-6-3-8-31-36(27)53-18-17-48(31)25-10-11-34(51)43-35(52)19-25)24-12-15-46(16-13-24)26-21-42-49(22-26)32-20-30(44-45-37(32)41)28-5-1-2-9-33(28)50/h1-3,5-6,8-9,20-22,24-25,29,50H,4,7,10-19,23H2,(H2,41,45)(H,43,51,52)/t25-,29-/m1/s1. The minimum absolute atomic E-state index is 0.0209. The number of rotatable bonds is 6. The number of nitrogens with one attached hydrogen (secondary N) is 1. The minimum atomic E-state index is -2.99. The van der Waals surface area contributed by atoms with Gasteiger partial charge in [-0.3, -0.25) is 19.8 Å². The summed E-state index contributed by atoms with van der Waals surface area (Å²) in [4.78, 5) is 30.6. The van der Waals surface area contributed by atoms with Crippen molar-refractivity contribution in [1.29, 1.82) is 0 Å². The molecule has 13 nitrogen and oxygen atoms in total. The molecule has 4 aliphatic heterocycles.